The second-order valence-corrected chi connectivity index (χ2v) is 6.09. The van der Waals surface area contributed by atoms with Crippen molar-refractivity contribution in [1.82, 2.24) is 5.32 Å². The van der Waals surface area contributed by atoms with Crippen LogP contribution in [0.25, 0.3) is 6.08 Å². The van der Waals surface area contributed by atoms with Crippen molar-refractivity contribution in [2.24, 2.45) is 0 Å². The summed E-state index contributed by atoms with van der Waals surface area (Å²) in [6.07, 6.45) is 4.87. The van der Waals surface area contributed by atoms with Crippen molar-refractivity contribution < 1.29 is 14.3 Å². The SMILES string of the molecule is CC(C)(C)OC(=O)NCCCC(=O)C/C=C/c1ccccc1. The van der Waals surface area contributed by atoms with Gasteiger partial charge in [-0.25, -0.2) is 4.79 Å². The predicted octanol–water partition coefficient (Wildman–Crippen LogP) is 3.96. The molecule has 0 heterocycles. The minimum absolute atomic E-state index is 0.165. The maximum atomic E-state index is 11.7. The number of alkyl carbamates (subject to hydrolysis) is 1. The van der Waals surface area contributed by atoms with Gasteiger partial charge in [-0.15, -0.1) is 0 Å². The number of nitrogens with one attached hydrogen (secondary N) is 1. The topological polar surface area (TPSA) is 55.4 Å². The highest BCUT2D eigenvalue weighted by Gasteiger charge is 2.15. The van der Waals surface area contributed by atoms with E-state index in [1.54, 1.807) is 0 Å². The van der Waals surface area contributed by atoms with Crippen molar-refractivity contribution in [2.45, 2.75) is 45.6 Å². The number of hydrogen-bond donors (Lipinski definition) is 1. The van der Waals surface area contributed by atoms with Gasteiger partial charge in [0.05, 0.1) is 0 Å². The first kappa shape index (κ1) is 18.0. The van der Waals surface area contributed by atoms with Gasteiger partial charge in [0.1, 0.15) is 11.4 Å². The largest absolute Gasteiger partial charge is 0.444 e. The molecular weight excluding hydrogens is 278 g/mol. The lowest BCUT2D eigenvalue weighted by Crippen LogP contribution is -2.33. The molecule has 22 heavy (non-hydrogen) atoms. The number of Topliss-reactive ketones (excluding diaryl/α,β-unsaturated/α-hetero) is 1. The molecule has 1 aromatic carbocycles. The second kappa shape index (κ2) is 9.03. The van der Waals surface area contributed by atoms with Gasteiger partial charge in [0.2, 0.25) is 0 Å². The van der Waals surface area contributed by atoms with Crippen molar-refractivity contribution in [2.75, 3.05) is 6.54 Å². The van der Waals surface area contributed by atoms with Crippen LogP contribution in [0.3, 0.4) is 0 Å². The van der Waals surface area contributed by atoms with Crippen LogP contribution in [0.2, 0.25) is 0 Å². The van der Waals surface area contributed by atoms with Crippen molar-refractivity contribution >= 4 is 18.0 Å². The minimum atomic E-state index is -0.498. The van der Waals surface area contributed by atoms with Crippen molar-refractivity contribution in [3.63, 3.8) is 0 Å². The first-order chi connectivity index (χ1) is 10.4. The lowest BCUT2D eigenvalue weighted by atomic mass is 10.1. The number of carbonyl (C=O) groups is 2. The van der Waals surface area contributed by atoms with Gasteiger partial charge in [-0.2, -0.15) is 0 Å². The molecule has 0 fully saturated rings. The third-order valence-corrected chi connectivity index (χ3v) is 2.76. The van der Waals surface area contributed by atoms with Gasteiger partial charge in [0.25, 0.3) is 0 Å². The maximum absolute atomic E-state index is 11.7. The van der Waals surface area contributed by atoms with Gasteiger partial charge in [-0.1, -0.05) is 42.5 Å². The molecule has 1 rings (SSSR count). The first-order valence-electron chi connectivity index (χ1n) is 7.57. The van der Waals surface area contributed by atoms with E-state index in [0.29, 0.717) is 25.8 Å². The highest BCUT2D eigenvalue weighted by molar-refractivity contribution is 5.80. The van der Waals surface area contributed by atoms with Crippen molar-refractivity contribution in [3.8, 4) is 0 Å². The summed E-state index contributed by atoms with van der Waals surface area (Å²) in [5, 5.41) is 2.65. The number of ketones is 1. The highest BCUT2D eigenvalue weighted by Crippen LogP contribution is 2.06. The van der Waals surface area contributed by atoms with E-state index in [1.165, 1.54) is 0 Å². The number of hydrogen-bond acceptors (Lipinski definition) is 3. The van der Waals surface area contributed by atoms with Crippen LogP contribution in [0.1, 0.15) is 45.6 Å². The lowest BCUT2D eigenvalue weighted by Gasteiger charge is -2.19. The van der Waals surface area contributed by atoms with Crippen LogP contribution in [-0.2, 0) is 9.53 Å². The Labute approximate surface area is 132 Å². The molecule has 0 aliphatic carbocycles. The molecular formula is C18H25NO3. The Morgan fingerprint density at radius 3 is 2.50 bits per heavy atom. The zero-order valence-corrected chi connectivity index (χ0v) is 13.6. The highest BCUT2D eigenvalue weighted by atomic mass is 16.6. The van der Waals surface area contributed by atoms with Gasteiger partial charge in [-0.3, -0.25) is 4.79 Å². The zero-order chi connectivity index (χ0) is 16.4. The molecule has 0 aliphatic rings. The van der Waals surface area contributed by atoms with E-state index in [4.69, 9.17) is 4.74 Å². The average molecular weight is 303 g/mol. The van der Waals surface area contributed by atoms with E-state index in [1.807, 2.05) is 63.3 Å². The normalized spacial score (nSPS) is 11.4. The summed E-state index contributed by atoms with van der Waals surface area (Å²) in [5.41, 5.74) is 0.587. The molecule has 1 amide bonds. The number of ether oxygens (including phenoxy) is 1. The molecule has 0 saturated carbocycles. The van der Waals surface area contributed by atoms with Gasteiger partial charge in [0.15, 0.2) is 0 Å². The van der Waals surface area contributed by atoms with E-state index >= 15 is 0 Å². The van der Waals surface area contributed by atoms with E-state index < -0.39 is 11.7 Å². The van der Waals surface area contributed by atoms with E-state index in [-0.39, 0.29) is 5.78 Å². The Hall–Kier alpha value is -2.10. The third-order valence-electron chi connectivity index (χ3n) is 2.76. The molecule has 0 atom stereocenters. The molecule has 1 N–H and O–H groups in total. The van der Waals surface area contributed by atoms with E-state index in [0.717, 1.165) is 5.56 Å². The van der Waals surface area contributed by atoms with Crippen LogP contribution in [0.15, 0.2) is 36.4 Å². The van der Waals surface area contributed by atoms with Crippen LogP contribution in [0, 0.1) is 0 Å². The third kappa shape index (κ3) is 8.95. The molecule has 1 aromatic rings. The van der Waals surface area contributed by atoms with Gasteiger partial charge in [-0.05, 0) is 32.8 Å². The molecule has 0 aliphatic heterocycles. The van der Waals surface area contributed by atoms with Gasteiger partial charge in [0, 0.05) is 19.4 Å². The van der Waals surface area contributed by atoms with E-state index in [2.05, 4.69) is 5.32 Å². The molecule has 0 unspecified atom stereocenters. The summed E-state index contributed by atoms with van der Waals surface area (Å²) in [7, 11) is 0. The molecule has 4 heteroatoms. The zero-order valence-electron chi connectivity index (χ0n) is 13.6. The van der Waals surface area contributed by atoms with E-state index in [9.17, 15) is 9.59 Å². The average Bonchev–Trinajstić information content (AvgIpc) is 2.43. The molecule has 0 aromatic heterocycles. The Balaban J connectivity index is 2.14. The first-order valence-corrected chi connectivity index (χ1v) is 7.57. The summed E-state index contributed by atoms with van der Waals surface area (Å²) in [6.45, 7) is 5.89. The number of rotatable bonds is 7. The van der Waals surface area contributed by atoms with Crippen LogP contribution < -0.4 is 5.32 Å². The number of amides is 1. The Morgan fingerprint density at radius 1 is 1.18 bits per heavy atom. The summed E-state index contributed by atoms with van der Waals surface area (Å²) >= 11 is 0. The smallest absolute Gasteiger partial charge is 0.407 e. The summed E-state index contributed by atoms with van der Waals surface area (Å²) in [6, 6.07) is 9.87. The molecule has 0 spiro atoms. The summed E-state index contributed by atoms with van der Waals surface area (Å²) < 4.78 is 5.11. The van der Waals surface area contributed by atoms with Gasteiger partial charge < -0.3 is 10.1 Å². The molecule has 4 nitrogen and oxygen atoms in total. The van der Waals surface area contributed by atoms with Crippen LogP contribution >= 0.6 is 0 Å². The second-order valence-electron chi connectivity index (χ2n) is 6.09. The van der Waals surface area contributed by atoms with Crippen molar-refractivity contribution in [1.29, 1.82) is 0 Å². The standard InChI is InChI=1S/C18H25NO3/c1-18(2,3)22-17(21)19-14-8-13-16(20)12-7-11-15-9-5-4-6-10-15/h4-7,9-11H,8,12-14H2,1-3H3,(H,19,21)/b11-7+. The monoisotopic (exact) mass is 303 g/mol. The molecule has 0 radical (unpaired) electrons. The fourth-order valence-electron chi connectivity index (χ4n) is 1.78. The maximum Gasteiger partial charge on any atom is 0.407 e. The number of benzene rings is 1. The number of allylic oxidation sites excluding steroid dienone is 1. The fourth-order valence-corrected chi connectivity index (χ4v) is 1.78. The van der Waals surface area contributed by atoms with Crippen molar-refractivity contribution in [3.05, 3.63) is 42.0 Å². The molecule has 0 saturated heterocycles. The molecule has 0 bridgehead atoms. The predicted molar refractivity (Wildman–Crippen MR) is 88.6 cm³/mol. The molecule has 120 valence electrons. The van der Waals surface area contributed by atoms with Crippen LogP contribution in [-0.4, -0.2) is 24.0 Å². The summed E-state index contributed by atoms with van der Waals surface area (Å²) in [4.78, 5) is 23.1. The summed E-state index contributed by atoms with van der Waals surface area (Å²) in [5.74, 6) is 0.165. The van der Waals surface area contributed by atoms with Crippen LogP contribution in [0.4, 0.5) is 4.79 Å². The fraction of sp³-hybridized carbons (Fsp3) is 0.444. The Morgan fingerprint density at radius 2 is 1.86 bits per heavy atom. The lowest BCUT2D eigenvalue weighted by molar-refractivity contribution is -0.118. The van der Waals surface area contributed by atoms with Crippen LogP contribution in [0.5, 0.6) is 0 Å². The van der Waals surface area contributed by atoms with Gasteiger partial charge >= 0.3 is 6.09 Å². The quantitative estimate of drug-likeness (QED) is 0.776. The minimum Gasteiger partial charge on any atom is -0.444 e. The Kier molecular flexibility index (Phi) is 7.37. The Bertz CT molecular complexity index is 501. The number of carbonyl (C=O) groups excluding carboxylic acids is 2.